The quantitative estimate of drug-likeness (QED) is 0.802. The van der Waals surface area contributed by atoms with Gasteiger partial charge in [0.25, 0.3) is 0 Å². The van der Waals surface area contributed by atoms with Crippen molar-refractivity contribution in [1.29, 1.82) is 0 Å². The first-order valence-corrected chi connectivity index (χ1v) is 6.53. The van der Waals surface area contributed by atoms with E-state index >= 15 is 0 Å². The zero-order chi connectivity index (χ0) is 12.8. The van der Waals surface area contributed by atoms with E-state index in [1.165, 1.54) is 0 Å². The van der Waals surface area contributed by atoms with Crippen LogP contribution in [-0.4, -0.2) is 29.1 Å². The zero-order valence-corrected chi connectivity index (χ0v) is 10.5. The molecule has 18 heavy (non-hydrogen) atoms. The molecule has 1 aliphatic heterocycles. The van der Waals surface area contributed by atoms with E-state index in [1.807, 2.05) is 35.2 Å². The molecule has 1 heterocycles. The van der Waals surface area contributed by atoms with E-state index in [1.54, 1.807) is 0 Å². The number of carbonyl (C=O) groups is 1. The van der Waals surface area contributed by atoms with Gasteiger partial charge in [-0.3, -0.25) is 4.79 Å². The Hall–Kier alpha value is -1.39. The summed E-state index contributed by atoms with van der Waals surface area (Å²) in [6.07, 6.45) is 3.79. The van der Waals surface area contributed by atoms with E-state index in [2.05, 4.69) is 5.48 Å². The van der Waals surface area contributed by atoms with Gasteiger partial charge in [-0.25, -0.2) is 0 Å². The summed E-state index contributed by atoms with van der Waals surface area (Å²) in [5.41, 5.74) is 3.31. The number of amides is 1. The van der Waals surface area contributed by atoms with E-state index in [9.17, 15) is 10.0 Å². The lowest BCUT2D eigenvalue weighted by Crippen LogP contribution is -2.38. The second-order valence-corrected chi connectivity index (χ2v) is 4.74. The SMILES string of the molecule is O=C1CCCCCN1CC(NO)c1ccccc1. The lowest BCUT2D eigenvalue weighted by Gasteiger charge is -2.26. The third kappa shape index (κ3) is 3.31. The number of benzene rings is 1. The highest BCUT2D eigenvalue weighted by molar-refractivity contribution is 5.76. The number of hydroxylamine groups is 1. The predicted octanol–water partition coefficient (Wildman–Crippen LogP) is 2.11. The summed E-state index contributed by atoms with van der Waals surface area (Å²) in [4.78, 5) is 13.8. The summed E-state index contributed by atoms with van der Waals surface area (Å²) in [6, 6.07) is 9.50. The number of hydrogen-bond acceptors (Lipinski definition) is 3. The van der Waals surface area contributed by atoms with Crippen LogP contribution in [0, 0.1) is 0 Å². The standard InChI is InChI=1S/C14H20N2O2/c17-14-9-5-2-6-10-16(14)11-13(15-18)12-7-3-1-4-8-12/h1,3-4,7-8,13,15,18H,2,5-6,9-11H2. The molecular weight excluding hydrogens is 228 g/mol. The van der Waals surface area contributed by atoms with Gasteiger partial charge in [-0.05, 0) is 18.4 Å². The van der Waals surface area contributed by atoms with Crippen molar-refractivity contribution in [2.75, 3.05) is 13.1 Å². The molecule has 2 rings (SSSR count). The molecule has 0 aromatic heterocycles. The highest BCUT2D eigenvalue weighted by Crippen LogP contribution is 2.17. The van der Waals surface area contributed by atoms with Gasteiger partial charge in [0.1, 0.15) is 0 Å². The molecule has 1 unspecified atom stereocenters. The molecule has 2 N–H and O–H groups in total. The normalized spacial score (nSPS) is 18.5. The molecule has 0 bridgehead atoms. The van der Waals surface area contributed by atoms with E-state index in [4.69, 9.17) is 0 Å². The average molecular weight is 248 g/mol. The highest BCUT2D eigenvalue weighted by atomic mass is 16.5. The van der Waals surface area contributed by atoms with Crippen LogP contribution in [0.15, 0.2) is 30.3 Å². The van der Waals surface area contributed by atoms with Crippen LogP contribution in [0.5, 0.6) is 0 Å². The Morgan fingerprint density at radius 3 is 2.72 bits per heavy atom. The molecule has 0 spiro atoms. The molecule has 1 amide bonds. The number of hydrogen-bond donors (Lipinski definition) is 2. The minimum Gasteiger partial charge on any atom is -0.341 e. The van der Waals surface area contributed by atoms with Crippen molar-refractivity contribution in [2.24, 2.45) is 0 Å². The van der Waals surface area contributed by atoms with E-state index < -0.39 is 0 Å². The molecular formula is C14H20N2O2. The molecule has 4 heteroatoms. The van der Waals surface area contributed by atoms with Crippen molar-refractivity contribution in [3.8, 4) is 0 Å². The van der Waals surface area contributed by atoms with Crippen LogP contribution >= 0.6 is 0 Å². The third-order valence-electron chi connectivity index (χ3n) is 3.43. The van der Waals surface area contributed by atoms with Crippen molar-refractivity contribution in [3.05, 3.63) is 35.9 Å². The van der Waals surface area contributed by atoms with Crippen molar-refractivity contribution in [2.45, 2.75) is 31.7 Å². The van der Waals surface area contributed by atoms with Crippen molar-refractivity contribution < 1.29 is 10.0 Å². The lowest BCUT2D eigenvalue weighted by molar-refractivity contribution is -0.131. The van der Waals surface area contributed by atoms with E-state index in [0.717, 1.165) is 31.4 Å². The van der Waals surface area contributed by atoms with Crippen LogP contribution in [0.25, 0.3) is 0 Å². The van der Waals surface area contributed by atoms with Crippen molar-refractivity contribution in [1.82, 2.24) is 10.4 Å². The van der Waals surface area contributed by atoms with Crippen LogP contribution < -0.4 is 5.48 Å². The average Bonchev–Trinajstić information content (AvgIpc) is 2.62. The van der Waals surface area contributed by atoms with Crippen molar-refractivity contribution >= 4 is 5.91 Å². The smallest absolute Gasteiger partial charge is 0.222 e. The molecule has 1 saturated heterocycles. The molecule has 1 aromatic carbocycles. The maximum Gasteiger partial charge on any atom is 0.222 e. The summed E-state index contributed by atoms with van der Waals surface area (Å²) >= 11 is 0. The molecule has 0 radical (unpaired) electrons. The predicted molar refractivity (Wildman–Crippen MR) is 69.2 cm³/mol. The highest BCUT2D eigenvalue weighted by Gasteiger charge is 2.21. The second kappa shape index (κ2) is 6.52. The molecule has 98 valence electrons. The Morgan fingerprint density at radius 2 is 2.00 bits per heavy atom. The largest absolute Gasteiger partial charge is 0.341 e. The van der Waals surface area contributed by atoms with Crippen LogP contribution in [0.3, 0.4) is 0 Å². The first-order chi connectivity index (χ1) is 8.81. The summed E-state index contributed by atoms with van der Waals surface area (Å²) in [5, 5.41) is 9.28. The van der Waals surface area contributed by atoms with Gasteiger partial charge in [-0.1, -0.05) is 36.8 Å². The van der Waals surface area contributed by atoms with Gasteiger partial charge in [0.05, 0.1) is 6.04 Å². The van der Waals surface area contributed by atoms with Gasteiger partial charge in [-0.15, -0.1) is 0 Å². The zero-order valence-electron chi connectivity index (χ0n) is 10.5. The fourth-order valence-electron chi connectivity index (χ4n) is 2.36. The fourth-order valence-corrected chi connectivity index (χ4v) is 2.36. The van der Waals surface area contributed by atoms with Crippen LogP contribution in [-0.2, 0) is 4.79 Å². The molecule has 4 nitrogen and oxygen atoms in total. The summed E-state index contributed by atoms with van der Waals surface area (Å²) in [6.45, 7) is 1.32. The molecule has 1 atom stereocenters. The molecule has 0 aliphatic carbocycles. The summed E-state index contributed by atoms with van der Waals surface area (Å²) in [5.74, 6) is 0.198. The molecule has 1 aliphatic rings. The number of carbonyl (C=O) groups excluding carboxylic acids is 1. The summed E-state index contributed by atoms with van der Waals surface area (Å²) in [7, 11) is 0. The van der Waals surface area contributed by atoms with Gasteiger partial charge in [0.2, 0.25) is 5.91 Å². The number of nitrogens with zero attached hydrogens (tertiary/aromatic N) is 1. The Balaban J connectivity index is 2.03. The van der Waals surface area contributed by atoms with Gasteiger partial charge in [-0.2, -0.15) is 5.48 Å². The second-order valence-electron chi connectivity index (χ2n) is 4.74. The van der Waals surface area contributed by atoms with Crippen LogP contribution in [0.4, 0.5) is 0 Å². The Kier molecular flexibility index (Phi) is 4.73. The van der Waals surface area contributed by atoms with E-state index in [-0.39, 0.29) is 11.9 Å². The third-order valence-corrected chi connectivity index (χ3v) is 3.43. The summed E-state index contributed by atoms with van der Waals surface area (Å²) < 4.78 is 0. The maximum atomic E-state index is 11.9. The maximum absolute atomic E-state index is 11.9. The number of likely N-dealkylation sites (tertiary alicyclic amines) is 1. The van der Waals surface area contributed by atoms with Gasteiger partial charge in [0.15, 0.2) is 0 Å². The molecule has 0 saturated carbocycles. The topological polar surface area (TPSA) is 52.6 Å². The van der Waals surface area contributed by atoms with Crippen molar-refractivity contribution in [3.63, 3.8) is 0 Å². The Morgan fingerprint density at radius 1 is 1.22 bits per heavy atom. The molecule has 1 aromatic rings. The monoisotopic (exact) mass is 248 g/mol. The van der Waals surface area contributed by atoms with Gasteiger partial charge >= 0.3 is 0 Å². The minimum absolute atomic E-state index is 0.198. The fraction of sp³-hybridized carbons (Fsp3) is 0.500. The van der Waals surface area contributed by atoms with E-state index in [0.29, 0.717) is 13.0 Å². The van der Waals surface area contributed by atoms with Gasteiger partial charge < -0.3 is 10.1 Å². The van der Waals surface area contributed by atoms with Gasteiger partial charge in [0, 0.05) is 19.5 Å². The lowest BCUT2D eigenvalue weighted by atomic mass is 10.1. The van der Waals surface area contributed by atoms with Crippen LogP contribution in [0.2, 0.25) is 0 Å². The first kappa shape index (κ1) is 13.1. The number of rotatable bonds is 4. The first-order valence-electron chi connectivity index (χ1n) is 6.53. The Bertz CT molecular complexity index is 381. The molecule has 1 fully saturated rings. The van der Waals surface area contributed by atoms with Crippen LogP contribution in [0.1, 0.15) is 37.3 Å². The number of nitrogens with one attached hydrogen (secondary N) is 1. The minimum atomic E-state index is -0.215. The Labute approximate surface area is 108 Å².